The van der Waals surface area contributed by atoms with Crippen LogP contribution < -0.4 is 5.32 Å². The molecule has 1 saturated carbocycles. The number of urea groups is 1. The van der Waals surface area contributed by atoms with E-state index >= 15 is 0 Å². The van der Waals surface area contributed by atoms with Crippen LogP contribution in [0.25, 0.3) is 0 Å². The number of nitrogens with one attached hydrogen (secondary N) is 1. The second-order valence-corrected chi connectivity index (χ2v) is 7.79. The number of hydrogen-bond acceptors (Lipinski definition) is 3. The summed E-state index contributed by atoms with van der Waals surface area (Å²) in [5.74, 6) is 1.38. The molecule has 2 heterocycles. The van der Waals surface area contributed by atoms with Gasteiger partial charge in [-0.2, -0.15) is 0 Å². The van der Waals surface area contributed by atoms with E-state index in [4.69, 9.17) is 9.47 Å². The van der Waals surface area contributed by atoms with E-state index in [-0.39, 0.29) is 11.4 Å². The molecule has 0 aromatic rings. The summed E-state index contributed by atoms with van der Waals surface area (Å²) in [5.41, 5.74) is 0.101. The number of nitrogens with zero attached hydrogens (tertiary/aromatic N) is 1. The zero-order valence-corrected chi connectivity index (χ0v) is 14.5. The van der Waals surface area contributed by atoms with Gasteiger partial charge in [0.05, 0.1) is 13.2 Å². The van der Waals surface area contributed by atoms with Gasteiger partial charge in [-0.15, -0.1) is 0 Å². The molecule has 2 atom stereocenters. The highest BCUT2D eigenvalue weighted by Gasteiger charge is 2.38. The first-order valence-electron chi connectivity index (χ1n) is 9.37. The highest BCUT2D eigenvalue weighted by atomic mass is 16.5. The third-order valence-electron chi connectivity index (χ3n) is 6.09. The van der Waals surface area contributed by atoms with Crippen molar-refractivity contribution in [2.24, 2.45) is 17.3 Å². The number of amides is 2. The molecule has 1 aliphatic carbocycles. The van der Waals surface area contributed by atoms with Crippen LogP contribution in [0.4, 0.5) is 4.79 Å². The van der Waals surface area contributed by atoms with Gasteiger partial charge in [0.25, 0.3) is 0 Å². The topological polar surface area (TPSA) is 50.8 Å². The average molecular weight is 324 g/mol. The van der Waals surface area contributed by atoms with E-state index in [1.165, 1.54) is 25.7 Å². The van der Waals surface area contributed by atoms with E-state index in [0.717, 1.165) is 51.7 Å². The van der Waals surface area contributed by atoms with Gasteiger partial charge in [-0.05, 0) is 31.1 Å². The first-order valence-corrected chi connectivity index (χ1v) is 9.37. The molecule has 1 spiro atoms. The van der Waals surface area contributed by atoms with Gasteiger partial charge in [-0.1, -0.05) is 26.2 Å². The van der Waals surface area contributed by atoms with Crippen LogP contribution in [0.3, 0.4) is 0 Å². The van der Waals surface area contributed by atoms with Crippen LogP contribution in [0, 0.1) is 17.3 Å². The molecule has 5 heteroatoms. The van der Waals surface area contributed by atoms with Gasteiger partial charge in [0.1, 0.15) is 0 Å². The lowest BCUT2D eigenvalue weighted by Crippen LogP contribution is -2.49. The molecule has 0 radical (unpaired) electrons. The van der Waals surface area contributed by atoms with Crippen LogP contribution in [0.1, 0.15) is 45.4 Å². The molecule has 132 valence electrons. The van der Waals surface area contributed by atoms with Crippen molar-refractivity contribution in [3.05, 3.63) is 0 Å². The lowest BCUT2D eigenvalue weighted by Gasteiger charge is -2.38. The molecule has 2 saturated heterocycles. The molecule has 3 fully saturated rings. The maximum absolute atomic E-state index is 12.7. The molecule has 0 bridgehead atoms. The van der Waals surface area contributed by atoms with Gasteiger partial charge in [0.2, 0.25) is 0 Å². The third kappa shape index (κ3) is 4.38. The Kier molecular flexibility index (Phi) is 5.81. The summed E-state index contributed by atoms with van der Waals surface area (Å²) >= 11 is 0. The Morgan fingerprint density at radius 1 is 1.17 bits per heavy atom. The molecule has 1 N–H and O–H groups in total. The van der Waals surface area contributed by atoms with Crippen LogP contribution in [0.5, 0.6) is 0 Å². The summed E-state index contributed by atoms with van der Waals surface area (Å²) in [4.78, 5) is 14.6. The van der Waals surface area contributed by atoms with E-state index in [2.05, 4.69) is 12.2 Å². The van der Waals surface area contributed by atoms with E-state index in [9.17, 15) is 4.79 Å². The molecule has 5 nitrogen and oxygen atoms in total. The van der Waals surface area contributed by atoms with Gasteiger partial charge in [-0.3, -0.25) is 0 Å². The minimum atomic E-state index is 0.0964. The first-order chi connectivity index (χ1) is 11.2. The van der Waals surface area contributed by atoms with Crippen molar-refractivity contribution in [3.63, 3.8) is 0 Å². The van der Waals surface area contributed by atoms with Gasteiger partial charge in [0.15, 0.2) is 0 Å². The van der Waals surface area contributed by atoms with E-state index in [0.29, 0.717) is 19.1 Å². The molecule has 3 aliphatic rings. The minimum absolute atomic E-state index is 0.0964. The van der Waals surface area contributed by atoms with Crippen LogP contribution in [-0.4, -0.2) is 57.0 Å². The summed E-state index contributed by atoms with van der Waals surface area (Å²) in [7, 11) is 0. The highest BCUT2D eigenvalue weighted by Crippen LogP contribution is 2.33. The summed E-state index contributed by atoms with van der Waals surface area (Å²) in [6.45, 7) is 7.66. The minimum Gasteiger partial charge on any atom is -0.381 e. The van der Waals surface area contributed by atoms with Gasteiger partial charge < -0.3 is 19.7 Å². The second kappa shape index (κ2) is 7.84. The molecule has 0 aromatic heterocycles. The van der Waals surface area contributed by atoms with Crippen molar-refractivity contribution >= 4 is 6.03 Å². The van der Waals surface area contributed by atoms with Gasteiger partial charge in [0, 0.05) is 38.3 Å². The molecule has 3 rings (SSSR count). The molecule has 0 aromatic carbocycles. The number of rotatable bonds is 2. The Balaban J connectivity index is 1.53. The van der Waals surface area contributed by atoms with Crippen LogP contribution in [-0.2, 0) is 9.47 Å². The Morgan fingerprint density at radius 3 is 2.74 bits per heavy atom. The number of carbonyl (C=O) groups is 1. The van der Waals surface area contributed by atoms with Gasteiger partial charge >= 0.3 is 6.03 Å². The Morgan fingerprint density at radius 2 is 1.96 bits per heavy atom. The van der Waals surface area contributed by atoms with Crippen LogP contribution >= 0.6 is 0 Å². The van der Waals surface area contributed by atoms with E-state index in [1.54, 1.807) is 0 Å². The molecule has 2 amide bonds. The van der Waals surface area contributed by atoms with Crippen LogP contribution in [0.2, 0.25) is 0 Å². The largest absolute Gasteiger partial charge is 0.381 e. The maximum Gasteiger partial charge on any atom is 0.317 e. The SMILES string of the molecule is C[C@H]1CCCC[C@H]1CNC(=O)N1CCOCC2(CCOCC2)C1. The van der Waals surface area contributed by atoms with E-state index in [1.807, 2.05) is 4.90 Å². The van der Waals surface area contributed by atoms with E-state index < -0.39 is 0 Å². The second-order valence-electron chi connectivity index (χ2n) is 7.79. The third-order valence-corrected chi connectivity index (χ3v) is 6.09. The predicted molar refractivity (Wildman–Crippen MR) is 89.4 cm³/mol. The normalized spacial score (nSPS) is 31.6. The summed E-state index contributed by atoms with van der Waals surface area (Å²) in [5, 5.41) is 3.20. The predicted octanol–water partition coefficient (Wildman–Crippen LogP) is 2.65. The molecular formula is C18H32N2O3. The highest BCUT2D eigenvalue weighted by molar-refractivity contribution is 5.74. The van der Waals surface area contributed by atoms with Crippen molar-refractivity contribution in [1.82, 2.24) is 10.2 Å². The van der Waals surface area contributed by atoms with Crippen molar-refractivity contribution in [2.45, 2.75) is 45.4 Å². The maximum atomic E-state index is 12.7. The molecular weight excluding hydrogens is 292 g/mol. The van der Waals surface area contributed by atoms with Crippen molar-refractivity contribution < 1.29 is 14.3 Å². The molecule has 0 unspecified atom stereocenters. The number of carbonyl (C=O) groups excluding carboxylic acids is 1. The van der Waals surface area contributed by atoms with Crippen molar-refractivity contribution in [3.8, 4) is 0 Å². The average Bonchev–Trinajstić information content (AvgIpc) is 2.77. The lowest BCUT2D eigenvalue weighted by atomic mass is 9.80. The van der Waals surface area contributed by atoms with Crippen molar-refractivity contribution in [1.29, 1.82) is 0 Å². The van der Waals surface area contributed by atoms with Crippen LogP contribution in [0.15, 0.2) is 0 Å². The number of ether oxygens (including phenoxy) is 2. The number of hydrogen-bond donors (Lipinski definition) is 1. The summed E-state index contributed by atoms with van der Waals surface area (Å²) in [6.07, 6.45) is 7.21. The quantitative estimate of drug-likeness (QED) is 0.849. The zero-order valence-electron chi connectivity index (χ0n) is 14.5. The Bertz CT molecular complexity index is 396. The Hall–Kier alpha value is -0.810. The first kappa shape index (κ1) is 17.0. The molecule has 23 heavy (non-hydrogen) atoms. The standard InChI is InChI=1S/C18H32N2O3/c1-15-4-2-3-5-16(15)12-19-17(21)20-8-11-23-14-18(13-20)6-9-22-10-7-18/h15-16H,2-14H2,1H3,(H,19,21)/t15-,16-/m0/s1. The van der Waals surface area contributed by atoms with Gasteiger partial charge in [-0.25, -0.2) is 4.79 Å². The van der Waals surface area contributed by atoms with Crippen molar-refractivity contribution in [2.75, 3.05) is 46.1 Å². The smallest absolute Gasteiger partial charge is 0.317 e. The molecule has 2 aliphatic heterocycles. The Labute approximate surface area is 140 Å². The fourth-order valence-electron chi connectivity index (χ4n) is 4.30. The zero-order chi connectivity index (χ0) is 16.1. The monoisotopic (exact) mass is 324 g/mol. The fourth-order valence-corrected chi connectivity index (χ4v) is 4.30. The summed E-state index contributed by atoms with van der Waals surface area (Å²) < 4.78 is 11.3. The lowest BCUT2D eigenvalue weighted by molar-refractivity contribution is -0.0295. The summed E-state index contributed by atoms with van der Waals surface area (Å²) in [6, 6.07) is 0.0964. The fraction of sp³-hybridized carbons (Fsp3) is 0.944.